The summed E-state index contributed by atoms with van der Waals surface area (Å²) >= 11 is 1.63. The van der Waals surface area contributed by atoms with Gasteiger partial charge in [-0.25, -0.2) is 0 Å². The Balaban J connectivity index is 2.09. The number of likely N-dealkylation sites (tertiary alicyclic amines) is 1. The maximum Gasteiger partial charge on any atom is 0.241 e. The zero-order valence-electron chi connectivity index (χ0n) is 12.4. The van der Waals surface area contributed by atoms with E-state index in [1.165, 1.54) is 6.42 Å². The minimum absolute atomic E-state index is 0.0284. The second-order valence-corrected chi connectivity index (χ2v) is 6.31. The topological polar surface area (TPSA) is 32.3 Å². The Morgan fingerprint density at radius 3 is 3.10 bits per heavy atom. The first-order valence-corrected chi connectivity index (χ1v) is 8.30. The molecule has 0 spiro atoms. The maximum atomic E-state index is 12.6. The molecular weight excluding hydrogens is 268 g/mol. The van der Waals surface area contributed by atoms with E-state index >= 15 is 0 Å². The van der Waals surface area contributed by atoms with Gasteiger partial charge in [-0.1, -0.05) is 26.0 Å². The minimum Gasteiger partial charge on any atom is -0.323 e. The lowest BCUT2D eigenvalue weighted by Gasteiger charge is -2.34. The number of carbonyl (C=O) groups excluding carboxylic acids is 1. The van der Waals surface area contributed by atoms with Crippen molar-refractivity contribution in [3.8, 4) is 0 Å². The van der Waals surface area contributed by atoms with Gasteiger partial charge < -0.3 is 5.32 Å². The minimum atomic E-state index is 0.0284. The van der Waals surface area contributed by atoms with Crippen molar-refractivity contribution in [2.24, 2.45) is 0 Å². The normalized spacial score (nSPS) is 19.8. The third-order valence-electron chi connectivity index (χ3n) is 3.86. The average molecular weight is 292 g/mol. The molecule has 1 atom stereocenters. The molecule has 1 amide bonds. The number of piperidine rings is 1. The van der Waals surface area contributed by atoms with Crippen molar-refractivity contribution in [2.45, 2.75) is 45.6 Å². The van der Waals surface area contributed by atoms with Gasteiger partial charge in [0.2, 0.25) is 5.91 Å². The standard InChI is InChI=1S/C16H24N2OS/c1-4-9-18-10-7-6-8-13(18)16(19)17-15-12(3)11-20-14(15)5-2/h5,11,13H,2,4,6-10H2,1,3H3,(H,17,19)/t13-/m0/s1. The molecular formula is C16H24N2OS. The van der Waals surface area contributed by atoms with Gasteiger partial charge in [0.25, 0.3) is 0 Å². The van der Waals surface area contributed by atoms with Crippen LogP contribution in [0.4, 0.5) is 5.69 Å². The molecule has 2 heterocycles. The Morgan fingerprint density at radius 1 is 1.60 bits per heavy atom. The first kappa shape index (κ1) is 15.3. The summed E-state index contributed by atoms with van der Waals surface area (Å²) in [5.74, 6) is 0.141. The van der Waals surface area contributed by atoms with Crippen LogP contribution in [-0.4, -0.2) is 29.9 Å². The van der Waals surface area contributed by atoms with Crippen molar-refractivity contribution in [1.29, 1.82) is 0 Å². The Bertz CT molecular complexity index is 479. The van der Waals surface area contributed by atoms with Gasteiger partial charge >= 0.3 is 0 Å². The molecule has 20 heavy (non-hydrogen) atoms. The third kappa shape index (κ3) is 3.30. The van der Waals surface area contributed by atoms with Crippen LogP contribution in [0.25, 0.3) is 6.08 Å². The van der Waals surface area contributed by atoms with E-state index in [1.807, 2.05) is 13.0 Å². The summed E-state index contributed by atoms with van der Waals surface area (Å²) in [5.41, 5.74) is 2.06. The molecule has 0 unspecified atom stereocenters. The number of nitrogens with one attached hydrogen (secondary N) is 1. The van der Waals surface area contributed by atoms with E-state index in [1.54, 1.807) is 11.3 Å². The number of hydrogen-bond acceptors (Lipinski definition) is 3. The number of thiophene rings is 1. The molecule has 1 aromatic heterocycles. The Labute approximate surface area is 125 Å². The van der Waals surface area contributed by atoms with Crippen LogP contribution in [0.15, 0.2) is 12.0 Å². The fourth-order valence-electron chi connectivity index (χ4n) is 2.82. The molecule has 3 nitrogen and oxygen atoms in total. The van der Waals surface area contributed by atoms with E-state index < -0.39 is 0 Å². The summed E-state index contributed by atoms with van der Waals surface area (Å²) in [5, 5.41) is 5.19. The Morgan fingerprint density at radius 2 is 2.40 bits per heavy atom. The fraction of sp³-hybridized carbons (Fsp3) is 0.562. The number of hydrogen-bond donors (Lipinski definition) is 1. The summed E-state index contributed by atoms with van der Waals surface area (Å²) < 4.78 is 0. The summed E-state index contributed by atoms with van der Waals surface area (Å²) in [4.78, 5) is 16.0. The van der Waals surface area contributed by atoms with Gasteiger partial charge in [-0.05, 0) is 50.2 Å². The maximum absolute atomic E-state index is 12.6. The number of carbonyl (C=O) groups is 1. The molecule has 1 fully saturated rings. The largest absolute Gasteiger partial charge is 0.323 e. The van der Waals surface area contributed by atoms with Crippen molar-refractivity contribution in [1.82, 2.24) is 4.90 Å². The average Bonchev–Trinajstić information content (AvgIpc) is 2.80. The molecule has 110 valence electrons. The molecule has 0 bridgehead atoms. The van der Waals surface area contributed by atoms with Crippen LogP contribution >= 0.6 is 11.3 Å². The van der Waals surface area contributed by atoms with E-state index in [0.29, 0.717) is 0 Å². The molecule has 1 saturated heterocycles. The van der Waals surface area contributed by atoms with Crippen molar-refractivity contribution < 1.29 is 4.79 Å². The molecule has 2 rings (SSSR count). The van der Waals surface area contributed by atoms with E-state index in [9.17, 15) is 4.79 Å². The molecule has 1 aromatic rings. The molecule has 0 radical (unpaired) electrons. The zero-order valence-corrected chi connectivity index (χ0v) is 13.3. The van der Waals surface area contributed by atoms with Crippen LogP contribution < -0.4 is 5.32 Å². The lowest BCUT2D eigenvalue weighted by molar-refractivity contribution is -0.122. The summed E-state index contributed by atoms with van der Waals surface area (Å²) in [6.07, 6.45) is 6.24. The van der Waals surface area contributed by atoms with Gasteiger partial charge in [-0.2, -0.15) is 0 Å². The molecule has 0 aliphatic carbocycles. The van der Waals surface area contributed by atoms with Gasteiger partial charge in [-0.3, -0.25) is 9.69 Å². The van der Waals surface area contributed by atoms with Crippen LogP contribution in [-0.2, 0) is 4.79 Å². The third-order valence-corrected chi connectivity index (χ3v) is 4.96. The van der Waals surface area contributed by atoms with Gasteiger partial charge in [-0.15, -0.1) is 11.3 Å². The quantitative estimate of drug-likeness (QED) is 0.892. The SMILES string of the molecule is C=Cc1scc(C)c1NC(=O)[C@@H]1CCCCN1CCC. The predicted molar refractivity (Wildman–Crippen MR) is 87.3 cm³/mol. The first-order chi connectivity index (χ1) is 9.67. The summed E-state index contributed by atoms with van der Waals surface area (Å²) in [6, 6.07) is 0.0284. The Kier molecular flexibility index (Phi) is 5.38. The molecule has 0 aromatic carbocycles. The lowest BCUT2D eigenvalue weighted by Crippen LogP contribution is -2.47. The second kappa shape index (κ2) is 7.04. The predicted octanol–water partition coefficient (Wildman–Crippen LogP) is 3.90. The molecule has 1 aliphatic heterocycles. The highest BCUT2D eigenvalue weighted by Crippen LogP contribution is 2.29. The molecule has 0 saturated carbocycles. The van der Waals surface area contributed by atoms with Crippen LogP contribution in [0.3, 0.4) is 0 Å². The van der Waals surface area contributed by atoms with E-state index in [-0.39, 0.29) is 11.9 Å². The highest BCUT2D eigenvalue weighted by Gasteiger charge is 2.28. The fourth-order valence-corrected chi connectivity index (χ4v) is 3.67. The monoisotopic (exact) mass is 292 g/mol. The highest BCUT2D eigenvalue weighted by molar-refractivity contribution is 7.11. The van der Waals surface area contributed by atoms with Crippen LogP contribution in [0, 0.1) is 6.92 Å². The molecule has 1 N–H and O–H groups in total. The van der Waals surface area contributed by atoms with Crippen molar-refractivity contribution in [2.75, 3.05) is 18.4 Å². The molecule has 1 aliphatic rings. The number of nitrogens with zero attached hydrogens (tertiary/aromatic N) is 1. The number of aryl methyl sites for hydroxylation is 1. The van der Waals surface area contributed by atoms with E-state index in [0.717, 1.165) is 48.5 Å². The van der Waals surface area contributed by atoms with E-state index in [4.69, 9.17) is 0 Å². The molecule has 4 heteroatoms. The van der Waals surface area contributed by atoms with Crippen molar-refractivity contribution >= 4 is 29.0 Å². The number of rotatable bonds is 5. The smallest absolute Gasteiger partial charge is 0.241 e. The first-order valence-electron chi connectivity index (χ1n) is 7.42. The van der Waals surface area contributed by atoms with Crippen molar-refractivity contribution in [3.63, 3.8) is 0 Å². The van der Waals surface area contributed by atoms with Gasteiger partial charge in [0.05, 0.1) is 16.6 Å². The van der Waals surface area contributed by atoms with Crippen LogP contribution in [0.1, 0.15) is 43.0 Å². The Hall–Kier alpha value is -1.13. The lowest BCUT2D eigenvalue weighted by atomic mass is 10.0. The summed E-state index contributed by atoms with van der Waals surface area (Å²) in [7, 11) is 0. The van der Waals surface area contributed by atoms with Gasteiger partial charge in [0.15, 0.2) is 0 Å². The van der Waals surface area contributed by atoms with E-state index in [2.05, 4.69) is 29.1 Å². The second-order valence-electron chi connectivity index (χ2n) is 5.40. The van der Waals surface area contributed by atoms with Crippen LogP contribution in [0.5, 0.6) is 0 Å². The van der Waals surface area contributed by atoms with Gasteiger partial charge in [0, 0.05) is 0 Å². The highest BCUT2D eigenvalue weighted by atomic mass is 32.1. The number of anilines is 1. The van der Waals surface area contributed by atoms with Crippen LogP contribution in [0.2, 0.25) is 0 Å². The van der Waals surface area contributed by atoms with Gasteiger partial charge in [0.1, 0.15) is 0 Å². The summed E-state index contributed by atoms with van der Waals surface area (Å²) in [6.45, 7) is 10.1. The number of amides is 1. The zero-order chi connectivity index (χ0) is 14.5. The van der Waals surface area contributed by atoms with Crippen molar-refractivity contribution in [3.05, 3.63) is 22.4 Å².